The van der Waals surface area contributed by atoms with Gasteiger partial charge >= 0.3 is 0 Å². The summed E-state index contributed by atoms with van der Waals surface area (Å²) in [5.74, 6) is 5.55. The van der Waals surface area contributed by atoms with Gasteiger partial charge in [0.05, 0.1) is 23.8 Å². The second-order valence-electron chi connectivity index (χ2n) is 12.7. The molecule has 186 valence electrons. The molecule has 9 atom stereocenters. The minimum Gasteiger partial charge on any atom is -0.387 e. The Bertz CT molecular complexity index is 907. The maximum Gasteiger partial charge on any atom is 0.0994 e. The van der Waals surface area contributed by atoms with Crippen LogP contribution >= 0.6 is 0 Å². The highest BCUT2D eigenvalue weighted by molar-refractivity contribution is 5.37. The van der Waals surface area contributed by atoms with E-state index >= 15 is 0 Å². The first-order chi connectivity index (χ1) is 16.4. The molecule has 3 heteroatoms. The quantitative estimate of drug-likeness (QED) is 0.506. The molecule has 3 nitrogen and oxygen atoms in total. The highest BCUT2D eigenvalue weighted by Crippen LogP contribution is 2.65. The minimum absolute atomic E-state index is 0.458. The van der Waals surface area contributed by atoms with Gasteiger partial charge in [0.2, 0.25) is 0 Å². The van der Waals surface area contributed by atoms with Crippen LogP contribution in [0.15, 0.2) is 24.3 Å². The summed E-state index contributed by atoms with van der Waals surface area (Å²) in [4.78, 5) is 0. The van der Waals surface area contributed by atoms with Crippen molar-refractivity contribution in [3.63, 3.8) is 0 Å². The third kappa shape index (κ3) is 4.24. The third-order valence-corrected chi connectivity index (χ3v) is 11.1. The lowest BCUT2D eigenvalue weighted by atomic mass is 9.48. The van der Waals surface area contributed by atoms with Crippen LogP contribution in [0.3, 0.4) is 0 Å². The van der Waals surface area contributed by atoms with Crippen molar-refractivity contribution in [2.45, 2.75) is 90.6 Å². The summed E-state index contributed by atoms with van der Waals surface area (Å²) < 4.78 is 5.66. The van der Waals surface area contributed by atoms with Gasteiger partial charge < -0.3 is 9.84 Å². The average molecular weight is 464 g/mol. The fraction of sp³-hybridized carbons (Fsp3) is 0.774. The zero-order valence-electron chi connectivity index (χ0n) is 21.6. The standard InChI is InChI=1S/C31H45NO2/c1-4-34-20-31(33)16-14-25-23(18-31)9-10-27-26(25)13-15-30(3)28(11-12-29(27)30)21(2)17-22-7-5-6-8-24(22)19-32/h5-8,21,23,25-29,33H,4,9-18,20H2,1-3H3/t21-,23+,25-,26+,27+,28?,29-,30+,31+/m0/s1. The van der Waals surface area contributed by atoms with Crippen molar-refractivity contribution in [2.75, 3.05) is 13.2 Å². The highest BCUT2D eigenvalue weighted by Gasteiger charge is 2.58. The molecule has 1 aromatic rings. The molecule has 0 saturated heterocycles. The zero-order valence-corrected chi connectivity index (χ0v) is 21.6. The van der Waals surface area contributed by atoms with E-state index in [1.54, 1.807) is 0 Å². The van der Waals surface area contributed by atoms with Crippen LogP contribution in [0.4, 0.5) is 0 Å². The zero-order chi connectivity index (χ0) is 23.9. The van der Waals surface area contributed by atoms with Crippen LogP contribution < -0.4 is 0 Å². The molecule has 4 fully saturated rings. The normalized spacial score (nSPS) is 42.2. The summed E-state index contributed by atoms with van der Waals surface area (Å²) in [6.07, 6.45) is 12.3. The van der Waals surface area contributed by atoms with Gasteiger partial charge in [0.1, 0.15) is 0 Å². The molecule has 4 saturated carbocycles. The molecule has 4 aliphatic rings. The summed E-state index contributed by atoms with van der Waals surface area (Å²) in [7, 11) is 0. The monoisotopic (exact) mass is 463 g/mol. The minimum atomic E-state index is -0.583. The van der Waals surface area contributed by atoms with E-state index in [4.69, 9.17) is 4.74 Å². The van der Waals surface area contributed by atoms with Gasteiger partial charge in [-0.15, -0.1) is 0 Å². The number of nitriles is 1. The predicted octanol–water partition coefficient (Wildman–Crippen LogP) is 6.77. The molecule has 0 aromatic heterocycles. The Hall–Kier alpha value is -1.37. The van der Waals surface area contributed by atoms with Crippen LogP contribution in [0.5, 0.6) is 0 Å². The molecule has 0 radical (unpaired) electrons. The first-order valence-corrected chi connectivity index (χ1v) is 14.2. The Morgan fingerprint density at radius 1 is 1.06 bits per heavy atom. The van der Waals surface area contributed by atoms with E-state index in [0.717, 1.165) is 54.4 Å². The Balaban J connectivity index is 1.27. The predicted molar refractivity (Wildman–Crippen MR) is 136 cm³/mol. The fourth-order valence-corrected chi connectivity index (χ4v) is 9.66. The van der Waals surface area contributed by atoms with Gasteiger partial charge in [0.15, 0.2) is 0 Å². The van der Waals surface area contributed by atoms with Crippen molar-refractivity contribution in [2.24, 2.45) is 46.8 Å². The van der Waals surface area contributed by atoms with Crippen LogP contribution in [0.2, 0.25) is 0 Å². The number of fused-ring (bicyclic) bond motifs is 5. The van der Waals surface area contributed by atoms with Crippen LogP contribution in [0.25, 0.3) is 0 Å². The fourth-order valence-electron chi connectivity index (χ4n) is 9.66. The van der Waals surface area contributed by atoms with Crippen LogP contribution in [-0.4, -0.2) is 23.9 Å². The number of nitrogens with zero attached hydrogens (tertiary/aromatic N) is 1. The molecule has 1 N–H and O–H groups in total. The molecule has 1 unspecified atom stereocenters. The van der Waals surface area contributed by atoms with Crippen molar-refractivity contribution < 1.29 is 9.84 Å². The van der Waals surface area contributed by atoms with E-state index in [9.17, 15) is 10.4 Å². The van der Waals surface area contributed by atoms with E-state index in [2.05, 4.69) is 32.0 Å². The topological polar surface area (TPSA) is 53.2 Å². The summed E-state index contributed by atoms with van der Waals surface area (Å²) in [6.45, 7) is 8.33. The number of hydrogen-bond acceptors (Lipinski definition) is 3. The number of rotatable bonds is 6. The van der Waals surface area contributed by atoms with E-state index < -0.39 is 5.60 Å². The molecular weight excluding hydrogens is 418 g/mol. The summed E-state index contributed by atoms with van der Waals surface area (Å²) in [6, 6.07) is 10.6. The van der Waals surface area contributed by atoms with E-state index in [1.165, 1.54) is 50.5 Å². The summed E-state index contributed by atoms with van der Waals surface area (Å²) >= 11 is 0. The molecule has 0 amide bonds. The smallest absolute Gasteiger partial charge is 0.0994 e. The molecule has 0 spiro atoms. The second kappa shape index (κ2) is 9.59. The lowest BCUT2D eigenvalue weighted by molar-refractivity contribution is -0.129. The Kier molecular flexibility index (Phi) is 6.86. The lowest BCUT2D eigenvalue weighted by Crippen LogP contribution is -2.52. The van der Waals surface area contributed by atoms with E-state index in [-0.39, 0.29) is 0 Å². The molecule has 5 rings (SSSR count). The molecule has 34 heavy (non-hydrogen) atoms. The van der Waals surface area contributed by atoms with Gasteiger partial charge in [-0.05, 0) is 130 Å². The summed E-state index contributed by atoms with van der Waals surface area (Å²) in [5.41, 5.74) is 1.97. The van der Waals surface area contributed by atoms with E-state index in [0.29, 0.717) is 30.5 Å². The van der Waals surface area contributed by atoms with E-state index in [1.807, 2.05) is 19.1 Å². The highest BCUT2D eigenvalue weighted by atomic mass is 16.5. The molecule has 0 heterocycles. The summed E-state index contributed by atoms with van der Waals surface area (Å²) in [5, 5.41) is 20.7. The maximum atomic E-state index is 11.1. The number of ether oxygens (including phenoxy) is 1. The lowest BCUT2D eigenvalue weighted by Gasteiger charge is -2.57. The largest absolute Gasteiger partial charge is 0.387 e. The van der Waals surface area contributed by atoms with Gasteiger partial charge in [0.25, 0.3) is 0 Å². The van der Waals surface area contributed by atoms with Crippen LogP contribution in [0, 0.1) is 58.2 Å². The molecule has 0 bridgehead atoms. The Morgan fingerprint density at radius 2 is 1.85 bits per heavy atom. The molecular formula is C31H45NO2. The average Bonchev–Trinajstić information content (AvgIpc) is 3.20. The number of hydrogen-bond donors (Lipinski definition) is 1. The van der Waals surface area contributed by atoms with Gasteiger partial charge in [-0.3, -0.25) is 0 Å². The number of benzene rings is 1. The second-order valence-corrected chi connectivity index (χ2v) is 12.7. The Labute approximate surface area is 207 Å². The van der Waals surface area contributed by atoms with Crippen molar-refractivity contribution in [1.29, 1.82) is 5.26 Å². The number of aliphatic hydroxyl groups is 1. The molecule has 4 aliphatic carbocycles. The first-order valence-electron chi connectivity index (χ1n) is 14.2. The molecule has 0 aliphatic heterocycles. The first kappa shape index (κ1) is 24.3. The van der Waals surface area contributed by atoms with Crippen LogP contribution in [-0.2, 0) is 11.2 Å². The molecule has 1 aromatic carbocycles. The van der Waals surface area contributed by atoms with Crippen molar-refractivity contribution in [1.82, 2.24) is 0 Å². The van der Waals surface area contributed by atoms with Crippen LogP contribution in [0.1, 0.15) is 89.7 Å². The van der Waals surface area contributed by atoms with Gasteiger partial charge in [-0.2, -0.15) is 5.26 Å². The Morgan fingerprint density at radius 3 is 2.65 bits per heavy atom. The maximum absolute atomic E-state index is 11.1. The van der Waals surface area contributed by atoms with Crippen molar-refractivity contribution in [3.05, 3.63) is 35.4 Å². The van der Waals surface area contributed by atoms with Crippen molar-refractivity contribution in [3.8, 4) is 6.07 Å². The van der Waals surface area contributed by atoms with Crippen molar-refractivity contribution >= 4 is 0 Å². The third-order valence-electron chi connectivity index (χ3n) is 11.1. The SMILES string of the molecule is CCOC[C@@]1(O)CC[C@H]2[C@H](CC[C@@H]3[C@@H]2CC[C@]2(C)C([C@@H](C)Cc4ccccc4C#N)CC[C@@H]32)C1. The van der Waals surface area contributed by atoms with Gasteiger partial charge in [-0.25, -0.2) is 0 Å². The van der Waals surface area contributed by atoms with Gasteiger partial charge in [0, 0.05) is 6.61 Å². The van der Waals surface area contributed by atoms with Gasteiger partial charge in [-0.1, -0.05) is 32.0 Å².